The number of benzene rings is 3. The fraction of sp³-hybridized carbons (Fsp3) is 0.500. The fourth-order valence-electron chi connectivity index (χ4n) is 8.74. The van der Waals surface area contributed by atoms with E-state index in [0.717, 1.165) is 5.56 Å². The first-order valence-corrected chi connectivity index (χ1v) is 21.6. The van der Waals surface area contributed by atoms with E-state index in [4.69, 9.17) is 31.1 Å². The third-order valence-corrected chi connectivity index (χ3v) is 12.2. The highest BCUT2D eigenvalue weighted by atomic mass is 35.5. The Morgan fingerprint density at radius 2 is 1.54 bits per heavy atom. The summed E-state index contributed by atoms with van der Waals surface area (Å²) in [4.78, 5) is 55.0. The van der Waals surface area contributed by atoms with Crippen LogP contribution in [-0.4, -0.2) is 90.3 Å². The van der Waals surface area contributed by atoms with Gasteiger partial charge < -0.3 is 40.2 Å². The number of nitriles is 2. The van der Waals surface area contributed by atoms with Crippen LogP contribution in [0.5, 0.6) is 11.5 Å². The van der Waals surface area contributed by atoms with Crippen molar-refractivity contribution in [3.05, 3.63) is 94.0 Å². The second-order valence-electron chi connectivity index (χ2n) is 18.7. The highest BCUT2D eigenvalue weighted by Crippen LogP contribution is 2.55. The van der Waals surface area contributed by atoms with Crippen molar-refractivity contribution in [3.8, 4) is 23.6 Å². The van der Waals surface area contributed by atoms with E-state index in [9.17, 15) is 29.5 Å². The monoisotopic (exact) mass is 882 g/mol. The SMILES string of the molecule is C[C@H](NC(=O)[C@@H]1C[C@@H](O)CN1C(=O)[C@@H](NC(=O)COCCCCOc1ccc(C(=O)N[C@H]2C(C)(C)[C@H](Oc3ccc(C#N)c(Cl)c3)C2(C)C)cc1)C(C)(C)C)c1ccc(C#N)cc1. The van der Waals surface area contributed by atoms with Crippen LogP contribution >= 0.6 is 11.6 Å². The Morgan fingerprint density at radius 1 is 0.905 bits per heavy atom. The Balaban J connectivity index is 1.02. The highest BCUT2D eigenvalue weighted by molar-refractivity contribution is 6.31. The molecule has 0 radical (unpaired) electrons. The van der Waals surface area contributed by atoms with Crippen molar-refractivity contribution < 1.29 is 38.5 Å². The average Bonchev–Trinajstić information content (AvgIpc) is 3.64. The summed E-state index contributed by atoms with van der Waals surface area (Å²) in [5.74, 6) is -0.410. The number of carbonyl (C=O) groups excluding carboxylic acids is 4. The van der Waals surface area contributed by atoms with E-state index in [1.807, 2.05) is 54.5 Å². The summed E-state index contributed by atoms with van der Waals surface area (Å²) >= 11 is 6.22. The van der Waals surface area contributed by atoms with Crippen LogP contribution in [0.3, 0.4) is 0 Å². The third-order valence-electron chi connectivity index (χ3n) is 11.9. The average molecular weight is 883 g/mol. The second-order valence-corrected chi connectivity index (χ2v) is 19.1. The number of ether oxygens (including phenoxy) is 3. The minimum Gasteiger partial charge on any atom is -0.494 e. The summed E-state index contributed by atoms with van der Waals surface area (Å²) in [6.07, 6.45) is 0.186. The Kier molecular flexibility index (Phi) is 15.5. The van der Waals surface area contributed by atoms with E-state index < -0.39 is 58.2 Å². The molecule has 3 aromatic rings. The van der Waals surface area contributed by atoms with Crippen molar-refractivity contribution in [2.45, 2.75) is 111 Å². The molecule has 0 aromatic heterocycles. The molecule has 1 saturated heterocycles. The third kappa shape index (κ3) is 11.7. The van der Waals surface area contributed by atoms with Gasteiger partial charge in [-0.25, -0.2) is 0 Å². The van der Waals surface area contributed by atoms with Gasteiger partial charge in [-0.05, 0) is 79.3 Å². The molecule has 0 spiro atoms. The molecular weight excluding hydrogens is 824 g/mol. The molecule has 0 bridgehead atoms. The van der Waals surface area contributed by atoms with E-state index >= 15 is 0 Å². The number of aliphatic hydroxyl groups is 1. The van der Waals surface area contributed by atoms with Crippen LogP contribution in [0.25, 0.3) is 0 Å². The van der Waals surface area contributed by atoms with E-state index in [2.05, 4.69) is 22.0 Å². The molecule has 1 saturated carbocycles. The zero-order chi connectivity index (χ0) is 46.3. The number of aliphatic hydroxyl groups excluding tert-OH is 1. The van der Waals surface area contributed by atoms with Gasteiger partial charge in [-0.2, -0.15) is 10.5 Å². The Bertz CT molecular complexity index is 2190. The van der Waals surface area contributed by atoms with Crippen LogP contribution in [0.4, 0.5) is 0 Å². The normalized spacial score (nSPS) is 20.8. The molecule has 5 rings (SSSR count). The summed E-state index contributed by atoms with van der Waals surface area (Å²) in [7, 11) is 0. The molecule has 2 aliphatic rings. The van der Waals surface area contributed by atoms with Crippen molar-refractivity contribution in [2.24, 2.45) is 16.2 Å². The molecule has 1 aliphatic carbocycles. The minimum absolute atomic E-state index is 0.0445. The summed E-state index contributed by atoms with van der Waals surface area (Å²) in [5.41, 5.74) is 0.637. The fourth-order valence-corrected chi connectivity index (χ4v) is 8.95. The predicted octanol–water partition coefficient (Wildman–Crippen LogP) is 6.24. The number of β-amino-alcohol motifs (C(OH)–C–C–N with tert-alkyl or cyclic N) is 1. The van der Waals surface area contributed by atoms with Gasteiger partial charge in [0.2, 0.25) is 17.7 Å². The molecule has 1 aliphatic heterocycles. The van der Waals surface area contributed by atoms with E-state index in [0.29, 0.717) is 52.7 Å². The molecule has 4 atom stereocenters. The number of halogens is 1. The lowest BCUT2D eigenvalue weighted by Gasteiger charge is -2.63. The summed E-state index contributed by atoms with van der Waals surface area (Å²) in [5, 5.41) is 38.0. The molecule has 1 heterocycles. The van der Waals surface area contributed by atoms with Gasteiger partial charge in [0.05, 0.1) is 41.0 Å². The lowest BCUT2D eigenvalue weighted by Crippen LogP contribution is -2.74. The van der Waals surface area contributed by atoms with E-state index in [1.165, 1.54) is 4.90 Å². The number of hydrogen-bond donors (Lipinski definition) is 4. The molecule has 336 valence electrons. The Morgan fingerprint density at radius 3 is 2.14 bits per heavy atom. The first kappa shape index (κ1) is 48.4. The number of amides is 4. The zero-order valence-corrected chi connectivity index (χ0v) is 38.0. The Labute approximate surface area is 375 Å². The van der Waals surface area contributed by atoms with Crippen LogP contribution in [0.2, 0.25) is 5.02 Å². The van der Waals surface area contributed by atoms with Crippen molar-refractivity contribution in [1.29, 1.82) is 10.5 Å². The van der Waals surface area contributed by atoms with Gasteiger partial charge in [0.1, 0.15) is 42.4 Å². The molecule has 3 aromatic carbocycles. The molecule has 0 unspecified atom stereocenters. The predicted molar refractivity (Wildman–Crippen MR) is 237 cm³/mol. The van der Waals surface area contributed by atoms with Crippen LogP contribution in [0, 0.1) is 38.9 Å². The second kappa shape index (κ2) is 20.2. The maximum Gasteiger partial charge on any atom is 0.251 e. The van der Waals surface area contributed by atoms with Gasteiger partial charge in [-0.1, -0.05) is 72.2 Å². The number of likely N-dealkylation sites (tertiary alicyclic amines) is 1. The topological polar surface area (TPSA) is 203 Å². The van der Waals surface area contributed by atoms with Crippen LogP contribution in [-0.2, 0) is 19.1 Å². The van der Waals surface area contributed by atoms with E-state index in [1.54, 1.807) is 73.7 Å². The zero-order valence-electron chi connectivity index (χ0n) is 37.3. The number of nitrogens with one attached hydrogen (secondary N) is 3. The molecule has 14 nitrogen and oxygen atoms in total. The first-order valence-electron chi connectivity index (χ1n) is 21.2. The summed E-state index contributed by atoms with van der Waals surface area (Å²) in [6, 6.07) is 20.4. The Hall–Kier alpha value is -5.67. The molecule has 63 heavy (non-hydrogen) atoms. The maximum atomic E-state index is 13.9. The maximum absolute atomic E-state index is 13.9. The van der Waals surface area contributed by atoms with Gasteiger partial charge in [0, 0.05) is 48.1 Å². The largest absolute Gasteiger partial charge is 0.494 e. The van der Waals surface area contributed by atoms with E-state index in [-0.39, 0.29) is 44.2 Å². The standard InChI is InChI=1S/C48H59ClN6O8/c1-29(31-13-11-30(25-50)12-14-31)52-42(59)38-23-34(56)27-55(38)43(60)40(46(2,3)4)53-39(57)28-61-21-9-10-22-62-35-18-15-32(16-19-35)41(58)54-44-47(5,6)45(48(44,7)8)63-36-20-17-33(26-51)37(49)24-36/h11-20,24,29,34,38,40,44-45,56H,9-10,21-23,27-28H2,1-8H3,(H,52,59)(H,53,57)(H,54,58)/t29-,34+,38-,40+,44-,45-/m0/s1. The molecule has 4 N–H and O–H groups in total. The molecule has 15 heteroatoms. The number of nitrogens with zero attached hydrogens (tertiary/aromatic N) is 3. The van der Waals surface area contributed by atoms with Crippen molar-refractivity contribution in [2.75, 3.05) is 26.4 Å². The number of unbranched alkanes of at least 4 members (excludes halogenated alkanes) is 1. The summed E-state index contributed by atoms with van der Waals surface area (Å²) < 4.78 is 17.8. The first-order chi connectivity index (χ1) is 29.7. The lowest BCUT2D eigenvalue weighted by molar-refractivity contribution is -0.164. The minimum atomic E-state index is -0.985. The smallest absolute Gasteiger partial charge is 0.251 e. The van der Waals surface area contributed by atoms with Crippen LogP contribution in [0.15, 0.2) is 66.7 Å². The highest BCUT2D eigenvalue weighted by Gasteiger charge is 2.64. The van der Waals surface area contributed by atoms with Gasteiger partial charge in [0.15, 0.2) is 0 Å². The number of carbonyl (C=O) groups is 4. The lowest BCUT2D eigenvalue weighted by atomic mass is 9.49. The van der Waals surface area contributed by atoms with Crippen molar-refractivity contribution in [3.63, 3.8) is 0 Å². The number of hydrogen-bond acceptors (Lipinski definition) is 10. The van der Waals surface area contributed by atoms with Gasteiger partial charge in [-0.3, -0.25) is 19.2 Å². The van der Waals surface area contributed by atoms with Crippen molar-refractivity contribution in [1.82, 2.24) is 20.9 Å². The molecule has 2 fully saturated rings. The van der Waals surface area contributed by atoms with Gasteiger partial charge in [-0.15, -0.1) is 0 Å². The quantitative estimate of drug-likeness (QED) is 0.112. The molecule has 4 amide bonds. The van der Waals surface area contributed by atoms with Crippen LogP contribution in [0.1, 0.15) is 108 Å². The summed E-state index contributed by atoms with van der Waals surface area (Å²) in [6.45, 7) is 15.8. The molecular formula is C48H59ClN6O8. The van der Waals surface area contributed by atoms with Gasteiger partial charge >= 0.3 is 0 Å². The number of rotatable bonds is 17. The van der Waals surface area contributed by atoms with Crippen LogP contribution < -0.4 is 25.4 Å². The van der Waals surface area contributed by atoms with Gasteiger partial charge in [0.25, 0.3) is 5.91 Å². The van der Waals surface area contributed by atoms with Crippen molar-refractivity contribution >= 4 is 35.2 Å².